The summed E-state index contributed by atoms with van der Waals surface area (Å²) in [6.45, 7) is 8.88. The van der Waals surface area contributed by atoms with Gasteiger partial charge in [0, 0.05) is 25.7 Å². The van der Waals surface area contributed by atoms with Crippen molar-refractivity contribution in [1.82, 2.24) is 15.5 Å². The lowest BCUT2D eigenvalue weighted by atomic mass is 10.1. The highest BCUT2D eigenvalue weighted by molar-refractivity contribution is 5.78. The quantitative estimate of drug-likeness (QED) is 0.711. The average Bonchev–Trinajstić information content (AvgIpc) is 2.74. The van der Waals surface area contributed by atoms with Gasteiger partial charge in [0.15, 0.2) is 0 Å². The second-order valence-corrected chi connectivity index (χ2v) is 5.50. The fourth-order valence-electron chi connectivity index (χ4n) is 2.64. The van der Waals surface area contributed by atoms with Gasteiger partial charge in [0.25, 0.3) is 0 Å². The Labute approximate surface area is 97.8 Å². The molecule has 2 aliphatic rings. The molecule has 2 saturated heterocycles. The predicted molar refractivity (Wildman–Crippen MR) is 64.2 cm³/mol. The van der Waals surface area contributed by atoms with Crippen LogP contribution in [0, 0.1) is 11.8 Å². The molecule has 0 saturated carbocycles. The summed E-state index contributed by atoms with van der Waals surface area (Å²) in [5.41, 5.74) is 0. The normalized spacial score (nSPS) is 29.7. The first-order valence-electron chi connectivity index (χ1n) is 6.37. The topological polar surface area (TPSA) is 44.4 Å². The second-order valence-electron chi connectivity index (χ2n) is 5.50. The number of fused-ring (bicyclic) bond motifs is 1. The molecule has 16 heavy (non-hydrogen) atoms. The first-order valence-corrected chi connectivity index (χ1v) is 6.37. The van der Waals surface area contributed by atoms with Gasteiger partial charge in [0.05, 0.1) is 6.54 Å². The highest BCUT2D eigenvalue weighted by atomic mass is 16.2. The highest BCUT2D eigenvalue weighted by Crippen LogP contribution is 2.23. The van der Waals surface area contributed by atoms with E-state index >= 15 is 0 Å². The fraction of sp³-hybridized carbons (Fsp3) is 0.917. The summed E-state index contributed by atoms with van der Waals surface area (Å²) in [4.78, 5) is 13.9. The third kappa shape index (κ3) is 2.95. The number of amides is 1. The molecule has 1 amide bonds. The van der Waals surface area contributed by atoms with Crippen LogP contribution in [0.3, 0.4) is 0 Å². The highest BCUT2D eigenvalue weighted by Gasteiger charge is 2.36. The molecular formula is C12H23N3O. The van der Waals surface area contributed by atoms with Crippen LogP contribution in [0.25, 0.3) is 0 Å². The van der Waals surface area contributed by atoms with E-state index in [0.717, 1.165) is 32.1 Å². The van der Waals surface area contributed by atoms with E-state index in [2.05, 4.69) is 29.4 Å². The summed E-state index contributed by atoms with van der Waals surface area (Å²) in [6, 6.07) is 0.637. The summed E-state index contributed by atoms with van der Waals surface area (Å²) in [5, 5.41) is 6.47. The van der Waals surface area contributed by atoms with E-state index < -0.39 is 0 Å². The maximum Gasteiger partial charge on any atom is 0.234 e. The Morgan fingerprint density at radius 2 is 2.31 bits per heavy atom. The molecule has 4 nitrogen and oxygen atoms in total. The Morgan fingerprint density at radius 1 is 1.50 bits per heavy atom. The number of hydrogen-bond acceptors (Lipinski definition) is 3. The molecule has 0 aliphatic carbocycles. The number of carbonyl (C=O) groups is 1. The lowest BCUT2D eigenvalue weighted by molar-refractivity contribution is -0.122. The van der Waals surface area contributed by atoms with Crippen molar-refractivity contribution < 1.29 is 4.79 Å². The van der Waals surface area contributed by atoms with Gasteiger partial charge in [0.1, 0.15) is 0 Å². The average molecular weight is 225 g/mol. The Bertz CT molecular complexity index is 243. The predicted octanol–water partition coefficient (Wildman–Crippen LogP) is 0.0523. The van der Waals surface area contributed by atoms with Crippen LogP contribution in [0.15, 0.2) is 0 Å². The van der Waals surface area contributed by atoms with Gasteiger partial charge < -0.3 is 10.6 Å². The molecule has 2 N–H and O–H groups in total. The minimum atomic E-state index is 0.175. The van der Waals surface area contributed by atoms with Crippen LogP contribution in [-0.2, 0) is 4.79 Å². The minimum Gasteiger partial charge on any atom is -0.355 e. The minimum absolute atomic E-state index is 0.175. The van der Waals surface area contributed by atoms with Gasteiger partial charge >= 0.3 is 0 Å². The summed E-state index contributed by atoms with van der Waals surface area (Å²) >= 11 is 0. The molecule has 0 spiro atoms. The molecular weight excluding hydrogens is 202 g/mol. The van der Waals surface area contributed by atoms with Crippen LogP contribution in [0.1, 0.15) is 20.3 Å². The molecule has 4 heteroatoms. The van der Waals surface area contributed by atoms with Crippen molar-refractivity contribution in [3.05, 3.63) is 0 Å². The van der Waals surface area contributed by atoms with Crippen LogP contribution in [0.5, 0.6) is 0 Å². The van der Waals surface area contributed by atoms with Gasteiger partial charge in [-0.05, 0) is 24.8 Å². The van der Waals surface area contributed by atoms with E-state index in [1.54, 1.807) is 0 Å². The van der Waals surface area contributed by atoms with Crippen molar-refractivity contribution in [2.75, 3.05) is 32.7 Å². The number of likely N-dealkylation sites (tertiary alicyclic amines) is 1. The third-order valence-electron chi connectivity index (χ3n) is 3.51. The van der Waals surface area contributed by atoms with Gasteiger partial charge in [-0.2, -0.15) is 0 Å². The van der Waals surface area contributed by atoms with E-state index in [4.69, 9.17) is 0 Å². The SMILES string of the molecule is CC(C)CNC(=O)CN1C[C@@H]2CCN[C@@H]2C1. The van der Waals surface area contributed by atoms with Gasteiger partial charge in [-0.15, -0.1) is 0 Å². The summed E-state index contributed by atoms with van der Waals surface area (Å²) in [6.07, 6.45) is 1.27. The molecule has 0 bridgehead atoms. The molecule has 2 atom stereocenters. The second kappa shape index (κ2) is 5.15. The Hall–Kier alpha value is -0.610. The summed E-state index contributed by atoms with van der Waals surface area (Å²) < 4.78 is 0. The Kier molecular flexibility index (Phi) is 3.82. The number of nitrogens with one attached hydrogen (secondary N) is 2. The van der Waals surface area contributed by atoms with Crippen LogP contribution in [0.2, 0.25) is 0 Å². The first-order chi connectivity index (χ1) is 7.65. The van der Waals surface area contributed by atoms with Crippen LogP contribution in [0.4, 0.5) is 0 Å². The van der Waals surface area contributed by atoms with Gasteiger partial charge in [-0.3, -0.25) is 9.69 Å². The summed E-state index contributed by atoms with van der Waals surface area (Å²) in [5.74, 6) is 1.48. The van der Waals surface area contributed by atoms with Crippen LogP contribution >= 0.6 is 0 Å². The van der Waals surface area contributed by atoms with Crippen molar-refractivity contribution in [2.45, 2.75) is 26.3 Å². The molecule has 2 heterocycles. The molecule has 2 rings (SSSR count). The fourth-order valence-corrected chi connectivity index (χ4v) is 2.64. The zero-order chi connectivity index (χ0) is 11.5. The van der Waals surface area contributed by atoms with Crippen molar-refractivity contribution in [3.8, 4) is 0 Å². The van der Waals surface area contributed by atoms with Crippen molar-refractivity contribution in [2.24, 2.45) is 11.8 Å². The largest absolute Gasteiger partial charge is 0.355 e. The van der Waals surface area contributed by atoms with Crippen molar-refractivity contribution in [3.63, 3.8) is 0 Å². The molecule has 2 fully saturated rings. The smallest absolute Gasteiger partial charge is 0.234 e. The number of nitrogens with zero attached hydrogens (tertiary/aromatic N) is 1. The molecule has 0 unspecified atom stereocenters. The van der Waals surface area contributed by atoms with Crippen molar-refractivity contribution >= 4 is 5.91 Å². The van der Waals surface area contributed by atoms with E-state index in [1.807, 2.05) is 0 Å². The first kappa shape index (κ1) is 11.9. The van der Waals surface area contributed by atoms with Crippen molar-refractivity contribution in [1.29, 1.82) is 0 Å². The van der Waals surface area contributed by atoms with E-state index in [0.29, 0.717) is 18.5 Å². The number of rotatable bonds is 4. The van der Waals surface area contributed by atoms with Crippen LogP contribution in [-0.4, -0.2) is 49.6 Å². The molecule has 0 radical (unpaired) electrons. The standard InChI is InChI=1S/C12H23N3O/c1-9(2)5-14-12(16)8-15-6-10-3-4-13-11(10)7-15/h9-11,13H,3-8H2,1-2H3,(H,14,16)/t10-,11+/m0/s1. The van der Waals surface area contributed by atoms with Crippen LogP contribution < -0.4 is 10.6 Å². The molecule has 2 aliphatic heterocycles. The zero-order valence-electron chi connectivity index (χ0n) is 10.3. The maximum absolute atomic E-state index is 11.6. The van der Waals surface area contributed by atoms with Gasteiger partial charge in [-0.25, -0.2) is 0 Å². The maximum atomic E-state index is 11.6. The lowest BCUT2D eigenvalue weighted by Gasteiger charge is -2.16. The summed E-state index contributed by atoms with van der Waals surface area (Å²) in [7, 11) is 0. The Balaban J connectivity index is 1.68. The monoisotopic (exact) mass is 225 g/mol. The zero-order valence-corrected chi connectivity index (χ0v) is 10.3. The van der Waals surface area contributed by atoms with E-state index in [-0.39, 0.29) is 5.91 Å². The molecule has 0 aromatic carbocycles. The molecule has 92 valence electrons. The molecule has 0 aromatic rings. The van der Waals surface area contributed by atoms with Gasteiger partial charge in [0.2, 0.25) is 5.91 Å². The number of hydrogen-bond donors (Lipinski definition) is 2. The Morgan fingerprint density at radius 3 is 3.00 bits per heavy atom. The lowest BCUT2D eigenvalue weighted by Crippen LogP contribution is -2.39. The number of carbonyl (C=O) groups excluding carboxylic acids is 1. The van der Waals surface area contributed by atoms with E-state index in [9.17, 15) is 4.79 Å². The molecule has 0 aromatic heterocycles. The third-order valence-corrected chi connectivity index (χ3v) is 3.51. The van der Waals surface area contributed by atoms with Gasteiger partial charge in [-0.1, -0.05) is 13.8 Å². The van der Waals surface area contributed by atoms with E-state index in [1.165, 1.54) is 6.42 Å².